The minimum absolute atomic E-state index is 0.888. The molecule has 1 nitrogen and oxygen atoms in total. The maximum Gasteiger partial charge on any atom is 0.0175 e. The lowest BCUT2D eigenvalue weighted by Gasteiger charge is -2.26. The quantitative estimate of drug-likeness (QED) is 0.702. The molecule has 2 atom stereocenters. The van der Waals surface area contributed by atoms with Gasteiger partial charge >= 0.3 is 0 Å². The molecule has 1 aliphatic heterocycles. The third kappa shape index (κ3) is 3.48. The van der Waals surface area contributed by atoms with E-state index in [-0.39, 0.29) is 0 Å². The van der Waals surface area contributed by atoms with Gasteiger partial charge in [0.15, 0.2) is 0 Å². The molecular weight excluding hydrogens is 154 g/mol. The zero-order valence-electron chi connectivity index (χ0n) is 7.60. The van der Waals surface area contributed by atoms with Crippen molar-refractivity contribution >= 4 is 11.8 Å². The summed E-state index contributed by atoms with van der Waals surface area (Å²) < 4.78 is 0. The van der Waals surface area contributed by atoms with E-state index in [0.29, 0.717) is 0 Å². The van der Waals surface area contributed by atoms with Crippen LogP contribution in [0.1, 0.15) is 33.1 Å². The highest BCUT2D eigenvalue weighted by Gasteiger charge is 2.18. The molecule has 1 aliphatic rings. The van der Waals surface area contributed by atoms with Crippen LogP contribution in [0.3, 0.4) is 0 Å². The fraction of sp³-hybridized carbons (Fsp3) is 1.00. The summed E-state index contributed by atoms with van der Waals surface area (Å²) in [6.45, 7) is 6.86. The normalized spacial score (nSPS) is 32.2. The monoisotopic (exact) mass is 173 g/mol. The molecule has 0 amide bonds. The molecule has 11 heavy (non-hydrogen) atoms. The third-order valence-corrected chi connectivity index (χ3v) is 3.67. The Morgan fingerprint density at radius 2 is 2.27 bits per heavy atom. The highest BCUT2D eigenvalue weighted by atomic mass is 32.2. The van der Waals surface area contributed by atoms with Gasteiger partial charge in [0.2, 0.25) is 0 Å². The van der Waals surface area contributed by atoms with Crippen LogP contribution in [0.15, 0.2) is 0 Å². The lowest BCUT2D eigenvalue weighted by atomic mass is 10.1. The van der Waals surface area contributed by atoms with E-state index < -0.39 is 0 Å². The van der Waals surface area contributed by atoms with E-state index in [4.69, 9.17) is 0 Å². The van der Waals surface area contributed by atoms with Crippen LogP contribution in [-0.4, -0.2) is 23.6 Å². The van der Waals surface area contributed by atoms with E-state index in [9.17, 15) is 0 Å². The summed E-state index contributed by atoms with van der Waals surface area (Å²) in [5, 5.41) is 5.20. The maximum atomic E-state index is 3.42. The predicted molar refractivity (Wildman–Crippen MR) is 53.2 cm³/mol. The molecule has 2 heteroatoms. The van der Waals surface area contributed by atoms with Gasteiger partial charge in [0.05, 0.1) is 0 Å². The molecule has 1 N–H and O–H groups in total. The van der Waals surface area contributed by atoms with E-state index in [0.717, 1.165) is 17.0 Å². The molecule has 0 saturated carbocycles. The lowest BCUT2D eigenvalue weighted by molar-refractivity contribution is 0.584. The van der Waals surface area contributed by atoms with Crippen LogP contribution in [0, 0.1) is 0 Å². The molecule has 0 aliphatic carbocycles. The molecule has 1 saturated heterocycles. The van der Waals surface area contributed by atoms with Gasteiger partial charge < -0.3 is 5.32 Å². The Bertz CT molecular complexity index is 106. The van der Waals surface area contributed by atoms with Crippen molar-refractivity contribution in [1.82, 2.24) is 5.32 Å². The van der Waals surface area contributed by atoms with Crippen molar-refractivity contribution in [2.45, 2.75) is 43.6 Å². The summed E-state index contributed by atoms with van der Waals surface area (Å²) in [5.41, 5.74) is 0. The summed E-state index contributed by atoms with van der Waals surface area (Å²) in [7, 11) is 0. The fourth-order valence-electron chi connectivity index (χ4n) is 1.55. The van der Waals surface area contributed by atoms with Gasteiger partial charge in [-0.3, -0.25) is 0 Å². The Labute approximate surface area is 74.3 Å². The van der Waals surface area contributed by atoms with Gasteiger partial charge in [0.1, 0.15) is 0 Å². The molecule has 0 spiro atoms. The first-order valence-electron chi connectivity index (χ1n) is 4.69. The van der Waals surface area contributed by atoms with Gasteiger partial charge in [-0.15, -0.1) is 0 Å². The predicted octanol–water partition coefficient (Wildman–Crippen LogP) is 2.27. The van der Waals surface area contributed by atoms with Gasteiger partial charge in [-0.05, 0) is 19.4 Å². The summed E-state index contributed by atoms with van der Waals surface area (Å²) >= 11 is 2.16. The largest absolute Gasteiger partial charge is 0.316 e. The molecule has 0 aromatic rings. The van der Waals surface area contributed by atoms with E-state index in [2.05, 4.69) is 30.9 Å². The van der Waals surface area contributed by atoms with Crippen LogP contribution in [-0.2, 0) is 0 Å². The van der Waals surface area contributed by atoms with Gasteiger partial charge in [-0.1, -0.05) is 20.3 Å². The standard InChI is InChI=1S/C9H19NS/c1-3-10-7-9-6-4-5-8(2)11-9/h8-10H,3-7H2,1-2H3. The zero-order chi connectivity index (χ0) is 8.10. The van der Waals surface area contributed by atoms with Gasteiger partial charge in [-0.2, -0.15) is 11.8 Å². The summed E-state index contributed by atoms with van der Waals surface area (Å²) in [6, 6.07) is 0. The zero-order valence-corrected chi connectivity index (χ0v) is 8.41. The van der Waals surface area contributed by atoms with Gasteiger partial charge in [-0.25, -0.2) is 0 Å². The van der Waals surface area contributed by atoms with Crippen LogP contribution in [0.5, 0.6) is 0 Å². The van der Waals surface area contributed by atoms with E-state index in [1.54, 1.807) is 0 Å². The Balaban J connectivity index is 2.12. The molecule has 0 radical (unpaired) electrons. The molecule has 1 heterocycles. The molecule has 1 fully saturated rings. The topological polar surface area (TPSA) is 12.0 Å². The highest BCUT2D eigenvalue weighted by Crippen LogP contribution is 2.30. The summed E-state index contributed by atoms with van der Waals surface area (Å²) in [5.74, 6) is 0. The van der Waals surface area contributed by atoms with Crippen molar-refractivity contribution < 1.29 is 0 Å². The van der Waals surface area contributed by atoms with Crippen LogP contribution in [0.25, 0.3) is 0 Å². The van der Waals surface area contributed by atoms with Crippen molar-refractivity contribution in [2.75, 3.05) is 13.1 Å². The van der Waals surface area contributed by atoms with Crippen LogP contribution < -0.4 is 5.32 Å². The van der Waals surface area contributed by atoms with Crippen molar-refractivity contribution in [1.29, 1.82) is 0 Å². The molecular formula is C9H19NS. The average Bonchev–Trinajstić information content (AvgIpc) is 2.01. The third-order valence-electron chi connectivity index (χ3n) is 2.18. The van der Waals surface area contributed by atoms with Crippen LogP contribution in [0.2, 0.25) is 0 Å². The second-order valence-corrected chi connectivity index (χ2v) is 5.05. The molecule has 2 unspecified atom stereocenters. The SMILES string of the molecule is CCNCC1CCCC(C)S1. The van der Waals surface area contributed by atoms with E-state index in [1.165, 1.54) is 25.8 Å². The summed E-state index contributed by atoms with van der Waals surface area (Å²) in [6.07, 6.45) is 4.28. The number of nitrogens with one attached hydrogen (secondary N) is 1. The first kappa shape index (κ1) is 9.40. The lowest BCUT2D eigenvalue weighted by Crippen LogP contribution is -2.28. The average molecular weight is 173 g/mol. The second-order valence-electron chi connectivity index (χ2n) is 3.31. The van der Waals surface area contributed by atoms with Crippen LogP contribution >= 0.6 is 11.8 Å². The number of hydrogen-bond donors (Lipinski definition) is 1. The van der Waals surface area contributed by atoms with E-state index >= 15 is 0 Å². The maximum absolute atomic E-state index is 3.42. The van der Waals surface area contributed by atoms with Gasteiger partial charge in [0, 0.05) is 17.0 Å². The van der Waals surface area contributed by atoms with Crippen molar-refractivity contribution in [2.24, 2.45) is 0 Å². The van der Waals surface area contributed by atoms with Crippen molar-refractivity contribution in [3.05, 3.63) is 0 Å². The summed E-state index contributed by atoms with van der Waals surface area (Å²) in [4.78, 5) is 0. The van der Waals surface area contributed by atoms with Gasteiger partial charge in [0.25, 0.3) is 0 Å². The minimum Gasteiger partial charge on any atom is -0.316 e. The number of hydrogen-bond acceptors (Lipinski definition) is 2. The Hall–Kier alpha value is 0.310. The molecule has 0 bridgehead atoms. The number of thioether (sulfide) groups is 1. The molecule has 0 aromatic heterocycles. The first-order chi connectivity index (χ1) is 5.33. The number of rotatable bonds is 3. The molecule has 1 rings (SSSR count). The highest BCUT2D eigenvalue weighted by molar-refractivity contribution is 8.00. The van der Waals surface area contributed by atoms with Crippen LogP contribution in [0.4, 0.5) is 0 Å². The van der Waals surface area contributed by atoms with E-state index in [1.807, 2.05) is 0 Å². The van der Waals surface area contributed by atoms with Crippen molar-refractivity contribution in [3.8, 4) is 0 Å². The smallest absolute Gasteiger partial charge is 0.0175 e. The Morgan fingerprint density at radius 3 is 2.91 bits per heavy atom. The molecule has 66 valence electrons. The minimum atomic E-state index is 0.888. The Kier molecular flexibility index (Phi) is 4.31. The first-order valence-corrected chi connectivity index (χ1v) is 5.63. The Morgan fingerprint density at radius 1 is 1.45 bits per heavy atom. The van der Waals surface area contributed by atoms with Crippen molar-refractivity contribution in [3.63, 3.8) is 0 Å². The second kappa shape index (κ2) is 5.04. The fourth-order valence-corrected chi connectivity index (χ4v) is 3.03. The molecule has 0 aromatic carbocycles.